The van der Waals surface area contributed by atoms with E-state index < -0.39 is 75.0 Å². The summed E-state index contributed by atoms with van der Waals surface area (Å²) in [5.74, 6) is -7.67. The number of halogens is 6. The van der Waals surface area contributed by atoms with E-state index in [0.29, 0.717) is 37.9 Å². The molecule has 3 aromatic rings. The number of ether oxygens (including phenoxy) is 1. The van der Waals surface area contributed by atoms with Crippen LogP contribution in [0.5, 0.6) is 11.5 Å². The number of nitrogens with zero attached hydrogens (tertiary/aromatic N) is 3. The number of benzene rings is 2. The van der Waals surface area contributed by atoms with Gasteiger partial charge in [0.1, 0.15) is 0 Å². The van der Waals surface area contributed by atoms with Crippen LogP contribution in [0.25, 0.3) is 0 Å². The van der Waals surface area contributed by atoms with Crippen molar-refractivity contribution in [3.05, 3.63) is 91.5 Å². The summed E-state index contributed by atoms with van der Waals surface area (Å²) in [7, 11) is 1.36. The largest absolute Gasteiger partial charge is 0.504 e. The number of hydrazine groups is 1. The standard InChI is InChI=1S/C37H32BrCl2F3N4O6/c1-35(2,3)46-31(49)21-10-9-20-22(27(21)33(46)51)14-24-32(50)47(45-30-25(40)11-17(15-44-30)37(41,42)43)34(52)36(24,16-5-7-19(39)8-6-16)28(20)23-12-18(38)13-26(53-4)29(23)48/h5-9,11-13,15,21-22,24,27-28,48H,10,14H2,1-4H3,(H,44,45)/t21-,22+,24-,27-,28+,36+/m0/s1. The first-order valence-electron chi connectivity index (χ1n) is 16.6. The Kier molecular flexibility index (Phi) is 8.93. The van der Waals surface area contributed by atoms with Gasteiger partial charge in [0.25, 0.3) is 11.8 Å². The van der Waals surface area contributed by atoms with Gasteiger partial charge in [-0.1, -0.05) is 62.9 Å². The molecule has 2 aliphatic heterocycles. The molecule has 4 amide bonds. The van der Waals surface area contributed by atoms with Gasteiger partial charge in [0.15, 0.2) is 17.3 Å². The predicted molar refractivity (Wildman–Crippen MR) is 191 cm³/mol. The average molecular weight is 836 g/mol. The second kappa shape index (κ2) is 12.7. The van der Waals surface area contributed by atoms with Gasteiger partial charge in [-0.15, -0.1) is 0 Å². The Labute approximate surface area is 320 Å². The molecule has 0 bridgehead atoms. The number of hydrogen-bond donors (Lipinski definition) is 2. The lowest BCUT2D eigenvalue weighted by Crippen LogP contribution is -2.53. The molecule has 1 aromatic heterocycles. The van der Waals surface area contributed by atoms with Crippen LogP contribution in [0.1, 0.15) is 56.2 Å². The van der Waals surface area contributed by atoms with Crippen molar-refractivity contribution >= 4 is 68.6 Å². The van der Waals surface area contributed by atoms with Gasteiger partial charge < -0.3 is 9.84 Å². The zero-order valence-corrected chi connectivity index (χ0v) is 31.7. The number of aromatic nitrogens is 1. The molecule has 3 fully saturated rings. The van der Waals surface area contributed by atoms with E-state index >= 15 is 4.79 Å². The number of allylic oxidation sites excluding steroid dienone is 2. The predicted octanol–water partition coefficient (Wildman–Crippen LogP) is 7.67. The molecule has 3 heterocycles. The van der Waals surface area contributed by atoms with E-state index in [1.807, 2.05) is 6.08 Å². The number of hydrogen-bond acceptors (Lipinski definition) is 8. The molecule has 2 N–H and O–H groups in total. The normalized spacial score (nSPS) is 27.1. The Hall–Kier alpha value is -4.14. The monoisotopic (exact) mass is 834 g/mol. The number of phenolic OH excluding ortho intramolecular Hbond substituents is 1. The summed E-state index contributed by atoms with van der Waals surface area (Å²) in [6, 6.07) is 10.1. The van der Waals surface area contributed by atoms with E-state index in [2.05, 4.69) is 26.3 Å². The van der Waals surface area contributed by atoms with Gasteiger partial charge in [0, 0.05) is 32.7 Å². The van der Waals surface area contributed by atoms with Gasteiger partial charge in [0.2, 0.25) is 11.8 Å². The van der Waals surface area contributed by atoms with Crippen molar-refractivity contribution in [2.45, 2.75) is 56.7 Å². The van der Waals surface area contributed by atoms with Crippen LogP contribution in [0.2, 0.25) is 10.0 Å². The number of amides is 4. The zero-order valence-electron chi connectivity index (χ0n) is 28.6. The van der Waals surface area contributed by atoms with Crippen LogP contribution in [0.15, 0.2) is 64.8 Å². The lowest BCUT2D eigenvalue weighted by molar-refractivity contribution is -0.146. The zero-order chi connectivity index (χ0) is 38.5. The summed E-state index contributed by atoms with van der Waals surface area (Å²) in [5, 5.41) is 12.4. The minimum Gasteiger partial charge on any atom is -0.504 e. The van der Waals surface area contributed by atoms with Crippen molar-refractivity contribution < 1.29 is 42.2 Å². The number of aromatic hydroxyl groups is 1. The molecule has 278 valence electrons. The van der Waals surface area contributed by atoms with E-state index in [-0.39, 0.29) is 41.6 Å². The maximum atomic E-state index is 15.3. The summed E-state index contributed by atoms with van der Waals surface area (Å²) in [6.45, 7) is 5.29. The second-order valence-corrected chi connectivity index (χ2v) is 16.4. The highest BCUT2D eigenvalue weighted by atomic mass is 79.9. The summed E-state index contributed by atoms with van der Waals surface area (Å²) in [6.07, 6.45) is -2.31. The van der Waals surface area contributed by atoms with E-state index in [1.54, 1.807) is 51.1 Å². The minimum atomic E-state index is -4.76. The molecule has 2 aliphatic carbocycles. The maximum absolute atomic E-state index is 15.3. The Balaban J connectivity index is 1.48. The number of carbonyl (C=O) groups excluding carboxylic acids is 4. The van der Waals surface area contributed by atoms with Gasteiger partial charge in [-0.2, -0.15) is 18.2 Å². The summed E-state index contributed by atoms with van der Waals surface area (Å²) in [4.78, 5) is 63.3. The fraction of sp³-hybridized carbons (Fsp3) is 0.378. The highest BCUT2D eigenvalue weighted by molar-refractivity contribution is 9.10. The van der Waals surface area contributed by atoms with Gasteiger partial charge >= 0.3 is 6.18 Å². The van der Waals surface area contributed by atoms with Crippen LogP contribution in [0.3, 0.4) is 0 Å². The molecule has 6 atom stereocenters. The van der Waals surface area contributed by atoms with Crippen LogP contribution in [-0.4, -0.2) is 56.3 Å². The highest BCUT2D eigenvalue weighted by Gasteiger charge is 2.71. The fourth-order valence-corrected chi connectivity index (χ4v) is 9.55. The fourth-order valence-electron chi connectivity index (χ4n) is 8.76. The molecule has 7 rings (SSSR count). The van der Waals surface area contributed by atoms with Gasteiger partial charge in [-0.3, -0.25) is 29.5 Å². The molecule has 2 aromatic carbocycles. The number of fused-ring (bicyclic) bond motifs is 4. The van der Waals surface area contributed by atoms with Crippen LogP contribution < -0.4 is 10.2 Å². The van der Waals surface area contributed by atoms with Gasteiger partial charge in [-0.25, -0.2) is 4.98 Å². The molecular formula is C37H32BrCl2F3N4O6. The number of alkyl halides is 3. The Morgan fingerprint density at radius 3 is 2.28 bits per heavy atom. The third-order valence-electron chi connectivity index (χ3n) is 10.8. The topological polar surface area (TPSA) is 129 Å². The number of nitrogens with one attached hydrogen (secondary N) is 1. The summed E-state index contributed by atoms with van der Waals surface area (Å²) in [5.41, 5.74) is -0.102. The molecule has 1 saturated carbocycles. The second-order valence-electron chi connectivity index (χ2n) is 14.6. The number of carbonyl (C=O) groups is 4. The SMILES string of the molecule is COc1cc(Br)cc([C@H]2C3=CC[C@@H]4C(=O)N(C(C)(C)C)C(=O)[C@@H]4[C@@H]3C[C@H]3C(=O)N(Nc4ncc(C(F)(F)F)cc4Cl)C(=O)[C@@]23c2ccc(Cl)cc2)c1O. The number of phenols is 1. The molecule has 0 radical (unpaired) electrons. The number of rotatable bonds is 5. The Morgan fingerprint density at radius 1 is 1.00 bits per heavy atom. The van der Waals surface area contributed by atoms with Crippen molar-refractivity contribution in [2.24, 2.45) is 23.7 Å². The summed E-state index contributed by atoms with van der Waals surface area (Å²) >= 11 is 16.1. The summed E-state index contributed by atoms with van der Waals surface area (Å²) < 4.78 is 46.4. The van der Waals surface area contributed by atoms with Crippen molar-refractivity contribution in [1.29, 1.82) is 0 Å². The molecule has 10 nitrogen and oxygen atoms in total. The number of likely N-dealkylation sites (tertiary alicyclic amines) is 1. The van der Waals surface area contributed by atoms with Gasteiger partial charge in [0.05, 0.1) is 40.9 Å². The Bertz CT molecular complexity index is 2120. The first-order chi connectivity index (χ1) is 24.8. The molecular weight excluding hydrogens is 804 g/mol. The molecule has 4 aliphatic rings. The van der Waals surface area contributed by atoms with E-state index in [4.69, 9.17) is 27.9 Å². The molecule has 53 heavy (non-hydrogen) atoms. The molecule has 0 unspecified atom stereocenters. The van der Waals surface area contributed by atoms with E-state index in [0.717, 1.165) is 0 Å². The van der Waals surface area contributed by atoms with E-state index in [9.17, 15) is 32.7 Å². The third-order valence-corrected chi connectivity index (χ3v) is 11.8. The highest BCUT2D eigenvalue weighted by Crippen LogP contribution is 2.65. The number of methoxy groups -OCH3 is 1. The molecule has 2 saturated heterocycles. The third kappa shape index (κ3) is 5.62. The van der Waals surface area contributed by atoms with Crippen LogP contribution in [0.4, 0.5) is 19.0 Å². The van der Waals surface area contributed by atoms with Crippen molar-refractivity contribution in [2.75, 3.05) is 12.5 Å². The van der Waals surface area contributed by atoms with Crippen LogP contribution >= 0.6 is 39.1 Å². The number of pyridine rings is 1. The molecule has 16 heteroatoms. The first-order valence-corrected chi connectivity index (χ1v) is 18.1. The smallest absolute Gasteiger partial charge is 0.417 e. The lowest BCUT2D eigenvalue weighted by atomic mass is 9.49. The lowest BCUT2D eigenvalue weighted by Gasteiger charge is -2.50. The van der Waals surface area contributed by atoms with Gasteiger partial charge in [-0.05, 0) is 75.4 Å². The quantitative estimate of drug-likeness (QED) is 0.198. The van der Waals surface area contributed by atoms with Crippen molar-refractivity contribution in [3.63, 3.8) is 0 Å². The van der Waals surface area contributed by atoms with Crippen LogP contribution in [-0.2, 0) is 30.8 Å². The number of imide groups is 2. The minimum absolute atomic E-state index is 0.0621. The Morgan fingerprint density at radius 2 is 1.68 bits per heavy atom. The average Bonchev–Trinajstić information content (AvgIpc) is 3.47. The first kappa shape index (κ1) is 37.2. The number of anilines is 1. The maximum Gasteiger partial charge on any atom is 0.417 e. The van der Waals surface area contributed by atoms with Crippen molar-refractivity contribution in [1.82, 2.24) is 14.9 Å². The van der Waals surface area contributed by atoms with Crippen molar-refractivity contribution in [3.8, 4) is 11.5 Å². The van der Waals surface area contributed by atoms with E-state index in [1.165, 1.54) is 18.1 Å². The molecule has 0 spiro atoms. The van der Waals surface area contributed by atoms with Crippen LogP contribution in [0, 0.1) is 23.7 Å².